The summed E-state index contributed by atoms with van der Waals surface area (Å²) >= 11 is 0. The highest BCUT2D eigenvalue weighted by atomic mass is 35.5. The van der Waals surface area contributed by atoms with Crippen molar-refractivity contribution in [1.29, 1.82) is 0 Å². The van der Waals surface area contributed by atoms with E-state index in [9.17, 15) is 5.11 Å². The van der Waals surface area contributed by atoms with Gasteiger partial charge in [0.25, 0.3) is 0 Å². The molecule has 0 amide bonds. The van der Waals surface area contributed by atoms with E-state index < -0.39 is 12.1 Å². The molecule has 5 nitrogen and oxygen atoms in total. The van der Waals surface area contributed by atoms with Crippen LogP contribution in [0.3, 0.4) is 0 Å². The Morgan fingerprint density at radius 3 is 2.12 bits per heavy atom. The quantitative estimate of drug-likeness (QED) is 0.800. The van der Waals surface area contributed by atoms with E-state index in [1.807, 2.05) is 30.3 Å². The van der Waals surface area contributed by atoms with E-state index in [2.05, 4.69) is 0 Å². The molecule has 2 aromatic carbocycles. The lowest BCUT2D eigenvalue weighted by Crippen LogP contribution is -2.24. The highest BCUT2D eigenvalue weighted by molar-refractivity contribution is 5.85. The molecule has 0 fully saturated rings. The Bertz CT molecular complexity index is 634. The molecule has 2 rings (SSSR count). The zero-order chi connectivity index (χ0) is 16.8. The molecule has 0 saturated carbocycles. The number of aliphatic hydroxyl groups is 1. The Hall–Kier alpha value is -1.95. The van der Waals surface area contributed by atoms with Gasteiger partial charge in [-0.25, -0.2) is 0 Å². The summed E-state index contributed by atoms with van der Waals surface area (Å²) < 4.78 is 16.5. The van der Waals surface area contributed by atoms with Gasteiger partial charge in [-0.05, 0) is 18.6 Å². The molecule has 24 heavy (non-hydrogen) atoms. The van der Waals surface area contributed by atoms with Crippen molar-refractivity contribution in [3.05, 3.63) is 53.6 Å². The summed E-state index contributed by atoms with van der Waals surface area (Å²) in [7, 11) is 3.12. The van der Waals surface area contributed by atoms with Crippen molar-refractivity contribution in [2.24, 2.45) is 5.73 Å². The summed E-state index contributed by atoms with van der Waals surface area (Å²) in [5.41, 5.74) is 7.81. The topological polar surface area (TPSA) is 73.9 Å². The fraction of sp³-hybridized carbons (Fsp3) is 0.333. The van der Waals surface area contributed by atoms with Gasteiger partial charge in [0.15, 0.2) is 11.5 Å². The van der Waals surface area contributed by atoms with Crippen molar-refractivity contribution >= 4 is 12.4 Å². The number of methoxy groups -OCH3 is 2. The standard InChI is InChI=1S/C18H23NO4.ClH/c1-12(20)18(19)14-9-16(21-2)17(22-3)10-15(14)23-11-13-7-5-4-6-8-13;/h4-10,12,18,20H,11,19H2,1-3H3;1H/t12-,18-;/m1./s1. The van der Waals surface area contributed by atoms with E-state index in [1.165, 1.54) is 0 Å². The summed E-state index contributed by atoms with van der Waals surface area (Å²) in [6.07, 6.45) is -0.716. The average molecular weight is 354 g/mol. The molecule has 0 aliphatic carbocycles. The van der Waals surface area contributed by atoms with Gasteiger partial charge in [-0.3, -0.25) is 0 Å². The molecular formula is C18H24ClNO4. The predicted molar refractivity (Wildman–Crippen MR) is 96.2 cm³/mol. The Labute approximate surface area is 148 Å². The van der Waals surface area contributed by atoms with Gasteiger partial charge >= 0.3 is 0 Å². The average Bonchev–Trinajstić information content (AvgIpc) is 2.59. The normalized spacial score (nSPS) is 12.7. The summed E-state index contributed by atoms with van der Waals surface area (Å²) in [6.45, 7) is 2.04. The van der Waals surface area contributed by atoms with Crippen LogP contribution in [0, 0.1) is 0 Å². The molecule has 0 unspecified atom stereocenters. The van der Waals surface area contributed by atoms with Crippen LogP contribution in [-0.4, -0.2) is 25.4 Å². The number of hydrogen-bond acceptors (Lipinski definition) is 5. The van der Waals surface area contributed by atoms with E-state index in [-0.39, 0.29) is 12.4 Å². The van der Waals surface area contributed by atoms with E-state index in [4.69, 9.17) is 19.9 Å². The number of aliphatic hydroxyl groups excluding tert-OH is 1. The van der Waals surface area contributed by atoms with E-state index in [0.717, 1.165) is 5.56 Å². The molecule has 2 atom stereocenters. The van der Waals surface area contributed by atoms with Crippen LogP contribution in [0.5, 0.6) is 17.2 Å². The number of nitrogens with two attached hydrogens (primary N) is 1. The molecule has 132 valence electrons. The third-order valence-electron chi connectivity index (χ3n) is 3.63. The summed E-state index contributed by atoms with van der Waals surface area (Å²) in [5.74, 6) is 1.67. The minimum absolute atomic E-state index is 0. The first kappa shape index (κ1) is 20.1. The molecule has 6 heteroatoms. The second-order valence-electron chi connectivity index (χ2n) is 5.29. The van der Waals surface area contributed by atoms with Crippen molar-refractivity contribution in [3.8, 4) is 17.2 Å². The zero-order valence-electron chi connectivity index (χ0n) is 14.1. The number of rotatable bonds is 7. The second-order valence-corrected chi connectivity index (χ2v) is 5.29. The van der Waals surface area contributed by atoms with Crippen molar-refractivity contribution < 1.29 is 19.3 Å². The van der Waals surface area contributed by atoms with Gasteiger partial charge in [0.1, 0.15) is 12.4 Å². The summed E-state index contributed by atoms with van der Waals surface area (Å²) in [4.78, 5) is 0. The lowest BCUT2D eigenvalue weighted by molar-refractivity contribution is 0.161. The number of halogens is 1. The molecule has 0 spiro atoms. The van der Waals surface area contributed by atoms with Crippen LogP contribution in [-0.2, 0) is 6.61 Å². The second kappa shape index (κ2) is 9.37. The van der Waals surface area contributed by atoms with Crippen molar-refractivity contribution in [1.82, 2.24) is 0 Å². The van der Waals surface area contributed by atoms with Crippen LogP contribution in [0.1, 0.15) is 24.1 Å². The SMILES string of the molecule is COc1cc(OCc2ccccc2)c([C@H](N)[C@@H](C)O)cc1OC.Cl. The van der Waals surface area contributed by atoms with Gasteiger partial charge in [-0.15, -0.1) is 12.4 Å². The molecule has 0 radical (unpaired) electrons. The molecule has 0 aromatic heterocycles. The maximum atomic E-state index is 9.82. The first-order valence-corrected chi connectivity index (χ1v) is 7.43. The van der Waals surface area contributed by atoms with E-state index in [1.54, 1.807) is 33.3 Å². The number of ether oxygens (including phenoxy) is 3. The molecular weight excluding hydrogens is 330 g/mol. The van der Waals surface area contributed by atoms with E-state index >= 15 is 0 Å². The van der Waals surface area contributed by atoms with Crippen LogP contribution in [0.2, 0.25) is 0 Å². The first-order valence-electron chi connectivity index (χ1n) is 7.43. The largest absolute Gasteiger partial charge is 0.493 e. The fourth-order valence-corrected chi connectivity index (χ4v) is 2.26. The molecule has 0 aliphatic rings. The third kappa shape index (κ3) is 4.77. The Balaban J connectivity index is 0.00000288. The minimum atomic E-state index is -0.716. The van der Waals surface area contributed by atoms with Crippen LogP contribution < -0.4 is 19.9 Å². The Kier molecular flexibility index (Phi) is 7.85. The molecule has 2 aromatic rings. The van der Waals surface area contributed by atoms with Gasteiger partial charge in [0.05, 0.1) is 26.4 Å². The molecule has 0 bridgehead atoms. The maximum absolute atomic E-state index is 9.82. The highest BCUT2D eigenvalue weighted by Gasteiger charge is 2.21. The lowest BCUT2D eigenvalue weighted by atomic mass is 10.0. The summed E-state index contributed by atoms with van der Waals surface area (Å²) in [5, 5.41) is 9.82. The van der Waals surface area contributed by atoms with Crippen molar-refractivity contribution in [3.63, 3.8) is 0 Å². The van der Waals surface area contributed by atoms with Crippen LogP contribution in [0.15, 0.2) is 42.5 Å². The Morgan fingerprint density at radius 1 is 1.00 bits per heavy atom. The van der Waals surface area contributed by atoms with Gasteiger partial charge < -0.3 is 25.1 Å². The smallest absolute Gasteiger partial charge is 0.164 e. The van der Waals surface area contributed by atoms with Crippen molar-refractivity contribution in [2.75, 3.05) is 14.2 Å². The number of hydrogen-bond donors (Lipinski definition) is 2. The minimum Gasteiger partial charge on any atom is -0.493 e. The van der Waals surface area contributed by atoms with Crippen LogP contribution in [0.25, 0.3) is 0 Å². The molecule has 3 N–H and O–H groups in total. The fourth-order valence-electron chi connectivity index (χ4n) is 2.26. The Morgan fingerprint density at radius 2 is 1.58 bits per heavy atom. The highest BCUT2D eigenvalue weighted by Crippen LogP contribution is 2.38. The first-order chi connectivity index (χ1) is 11.1. The molecule has 0 saturated heterocycles. The molecule has 0 aliphatic heterocycles. The monoisotopic (exact) mass is 353 g/mol. The van der Waals surface area contributed by atoms with Gasteiger partial charge in [-0.1, -0.05) is 30.3 Å². The van der Waals surface area contributed by atoms with Gasteiger partial charge in [0.2, 0.25) is 0 Å². The third-order valence-corrected chi connectivity index (χ3v) is 3.63. The van der Waals surface area contributed by atoms with Crippen molar-refractivity contribution in [2.45, 2.75) is 25.7 Å². The zero-order valence-corrected chi connectivity index (χ0v) is 14.9. The lowest BCUT2D eigenvalue weighted by Gasteiger charge is -2.21. The predicted octanol–water partition coefficient (Wildman–Crippen LogP) is 3.09. The van der Waals surface area contributed by atoms with Crippen LogP contribution >= 0.6 is 12.4 Å². The van der Waals surface area contributed by atoms with Gasteiger partial charge in [0, 0.05) is 11.6 Å². The van der Waals surface area contributed by atoms with Gasteiger partial charge in [-0.2, -0.15) is 0 Å². The van der Waals surface area contributed by atoms with Crippen LogP contribution in [0.4, 0.5) is 0 Å². The van der Waals surface area contributed by atoms with E-state index in [0.29, 0.717) is 29.4 Å². The number of benzene rings is 2. The maximum Gasteiger partial charge on any atom is 0.164 e. The summed E-state index contributed by atoms with van der Waals surface area (Å²) in [6, 6.07) is 12.7. The molecule has 0 heterocycles.